The molecule has 0 aliphatic rings. The van der Waals surface area contributed by atoms with Crippen molar-refractivity contribution in [2.45, 2.75) is 37.0 Å². The highest BCUT2D eigenvalue weighted by molar-refractivity contribution is 8.03. The van der Waals surface area contributed by atoms with Gasteiger partial charge in [-0.2, -0.15) is 10.3 Å². The van der Waals surface area contributed by atoms with Gasteiger partial charge in [0.15, 0.2) is 5.11 Å². The number of unbranched alkanes of at least 4 members (excludes halogenated alkanes) is 2. The minimum absolute atomic E-state index is 0.587. The van der Waals surface area contributed by atoms with Crippen LogP contribution in [0.2, 0.25) is 0 Å². The molecule has 8 heteroatoms. The number of nitrogens with one attached hydrogen (secondary N) is 2. The molecule has 154 valence electrons. The van der Waals surface area contributed by atoms with Crippen LogP contribution in [-0.2, 0) is 6.42 Å². The van der Waals surface area contributed by atoms with Crippen LogP contribution in [0.5, 0.6) is 0 Å². The Kier molecular flexibility index (Phi) is 11.2. The Morgan fingerprint density at radius 3 is 2.70 bits per heavy atom. The number of benzene rings is 2. The smallest absolute Gasteiger partial charge is 0.170 e. The predicted molar refractivity (Wildman–Crippen MR) is 138 cm³/mol. The van der Waals surface area contributed by atoms with E-state index in [0.717, 1.165) is 77.1 Å². The van der Waals surface area contributed by atoms with Crippen molar-refractivity contribution in [1.29, 1.82) is 5.26 Å². The number of thioether (sulfide) groups is 1. The molecular formula is C22H22N4S4. The molecule has 2 rings (SSSR count). The van der Waals surface area contributed by atoms with E-state index in [1.54, 1.807) is 0 Å². The Bertz CT molecular complexity index is 962. The normalized spacial score (nSPS) is 9.83. The van der Waals surface area contributed by atoms with E-state index in [0.29, 0.717) is 5.11 Å². The van der Waals surface area contributed by atoms with Gasteiger partial charge in [0.25, 0.3) is 0 Å². The fourth-order valence-electron chi connectivity index (χ4n) is 2.80. The Morgan fingerprint density at radius 2 is 1.90 bits per heavy atom. The summed E-state index contributed by atoms with van der Waals surface area (Å²) in [5.74, 6) is 0. The molecule has 0 saturated heterocycles. The third-order valence-electron chi connectivity index (χ3n) is 4.16. The summed E-state index contributed by atoms with van der Waals surface area (Å²) in [6, 6.07) is 15.5. The van der Waals surface area contributed by atoms with Crippen LogP contribution >= 0.6 is 48.4 Å². The monoisotopic (exact) mass is 470 g/mol. The number of thiocarbonyl (C=S) groups is 3. The van der Waals surface area contributed by atoms with Gasteiger partial charge < -0.3 is 10.6 Å². The maximum Gasteiger partial charge on any atom is 0.170 e. The summed E-state index contributed by atoms with van der Waals surface area (Å²) >= 11 is 16.6. The van der Waals surface area contributed by atoms with Crippen molar-refractivity contribution in [3.63, 3.8) is 0 Å². The number of nitriles is 1. The molecule has 0 aromatic heterocycles. The molecular weight excluding hydrogens is 449 g/mol. The lowest BCUT2D eigenvalue weighted by atomic mass is 10.0. The lowest BCUT2D eigenvalue weighted by Gasteiger charge is -2.11. The van der Waals surface area contributed by atoms with Gasteiger partial charge in [-0.1, -0.05) is 36.8 Å². The highest BCUT2D eigenvalue weighted by Gasteiger charge is 2.02. The van der Waals surface area contributed by atoms with Gasteiger partial charge >= 0.3 is 0 Å². The van der Waals surface area contributed by atoms with Crippen LogP contribution in [0.15, 0.2) is 58.4 Å². The number of isothiocyanates is 1. The average molecular weight is 471 g/mol. The highest BCUT2D eigenvalue weighted by atomic mass is 32.2. The van der Waals surface area contributed by atoms with E-state index in [-0.39, 0.29) is 0 Å². The van der Waals surface area contributed by atoms with Crippen molar-refractivity contribution in [3.05, 3.63) is 54.1 Å². The summed E-state index contributed by atoms with van der Waals surface area (Å²) in [5.41, 5.74) is 2.84. The minimum Gasteiger partial charge on any atom is -0.362 e. The maximum atomic E-state index is 8.76. The largest absolute Gasteiger partial charge is 0.362 e. The second-order valence-electron chi connectivity index (χ2n) is 6.50. The van der Waals surface area contributed by atoms with E-state index < -0.39 is 0 Å². The van der Waals surface area contributed by atoms with Crippen molar-refractivity contribution in [1.82, 2.24) is 5.32 Å². The van der Waals surface area contributed by atoms with Crippen LogP contribution in [0.4, 0.5) is 11.4 Å². The SMILES string of the molecule is N#CSc1cccc(NC(=S)NCCCCCC(=S)Cc2cccc(N=C=S)c2)c1. The average Bonchev–Trinajstić information content (AvgIpc) is 2.71. The van der Waals surface area contributed by atoms with Crippen molar-refractivity contribution in [3.8, 4) is 5.40 Å². The minimum atomic E-state index is 0.587. The van der Waals surface area contributed by atoms with Crippen LogP contribution in [0.3, 0.4) is 0 Å². The molecule has 0 heterocycles. The lowest BCUT2D eigenvalue weighted by Crippen LogP contribution is -2.29. The zero-order valence-corrected chi connectivity index (χ0v) is 19.7. The zero-order valence-electron chi connectivity index (χ0n) is 16.4. The summed E-state index contributed by atoms with van der Waals surface area (Å²) in [7, 11) is 0. The summed E-state index contributed by atoms with van der Waals surface area (Å²) in [6.45, 7) is 0.808. The number of nitrogens with zero attached hydrogens (tertiary/aromatic N) is 2. The second kappa shape index (κ2) is 14.0. The van der Waals surface area contributed by atoms with Crippen LogP contribution in [-0.4, -0.2) is 21.7 Å². The molecule has 0 radical (unpaired) electrons. The third-order valence-corrected chi connectivity index (χ3v) is 5.43. The van der Waals surface area contributed by atoms with Crippen molar-refractivity contribution >= 4 is 74.9 Å². The molecule has 0 aliphatic heterocycles. The summed E-state index contributed by atoms with van der Waals surface area (Å²) < 4.78 is 0. The number of hydrogen-bond acceptors (Lipinski definition) is 6. The molecule has 0 fully saturated rings. The molecule has 0 atom stereocenters. The van der Waals surface area contributed by atoms with Gasteiger partial charge in [0.2, 0.25) is 0 Å². The van der Waals surface area contributed by atoms with E-state index in [4.69, 9.17) is 29.7 Å². The molecule has 0 unspecified atom stereocenters. The number of hydrogen-bond donors (Lipinski definition) is 2. The Hall–Kier alpha value is -2.14. The molecule has 2 aromatic carbocycles. The van der Waals surface area contributed by atoms with Crippen LogP contribution in [0.25, 0.3) is 0 Å². The van der Waals surface area contributed by atoms with Crippen molar-refractivity contribution < 1.29 is 0 Å². The highest BCUT2D eigenvalue weighted by Crippen LogP contribution is 2.20. The maximum absolute atomic E-state index is 8.76. The van der Waals surface area contributed by atoms with Gasteiger partial charge in [0.05, 0.1) is 10.8 Å². The first-order chi connectivity index (χ1) is 14.6. The number of aliphatic imine (C=N–C) groups is 1. The third kappa shape index (κ3) is 9.57. The number of rotatable bonds is 11. The molecule has 30 heavy (non-hydrogen) atoms. The molecule has 2 N–H and O–H groups in total. The van der Waals surface area contributed by atoms with Gasteiger partial charge in [-0.05, 0) is 96.2 Å². The van der Waals surface area contributed by atoms with Crippen LogP contribution in [0, 0.1) is 10.7 Å². The van der Waals surface area contributed by atoms with E-state index in [2.05, 4.69) is 44.5 Å². The van der Waals surface area contributed by atoms with E-state index in [9.17, 15) is 0 Å². The van der Waals surface area contributed by atoms with Crippen LogP contribution < -0.4 is 10.6 Å². The van der Waals surface area contributed by atoms with Crippen molar-refractivity contribution in [2.24, 2.45) is 4.99 Å². The number of anilines is 1. The van der Waals surface area contributed by atoms with Gasteiger partial charge in [-0.15, -0.1) is 0 Å². The van der Waals surface area contributed by atoms with Gasteiger partial charge in [0.1, 0.15) is 5.40 Å². The molecule has 0 aliphatic carbocycles. The summed E-state index contributed by atoms with van der Waals surface area (Å²) in [5, 5.41) is 20.2. The summed E-state index contributed by atoms with van der Waals surface area (Å²) in [6.07, 6.45) is 4.88. The first kappa shape index (κ1) is 24.1. The topological polar surface area (TPSA) is 60.2 Å². The number of thiocyanates is 1. The predicted octanol–water partition coefficient (Wildman–Crippen LogP) is 6.45. The summed E-state index contributed by atoms with van der Waals surface area (Å²) in [4.78, 5) is 5.95. The van der Waals surface area contributed by atoms with E-state index in [1.165, 1.54) is 0 Å². The molecule has 2 aromatic rings. The van der Waals surface area contributed by atoms with Gasteiger partial charge in [-0.25, -0.2) is 0 Å². The van der Waals surface area contributed by atoms with E-state index in [1.807, 2.05) is 42.5 Å². The van der Waals surface area contributed by atoms with E-state index >= 15 is 0 Å². The lowest BCUT2D eigenvalue weighted by molar-refractivity contribution is 0.680. The fraction of sp³-hybridized carbons (Fsp3) is 0.273. The fourth-order valence-corrected chi connectivity index (χ4v) is 3.87. The quantitative estimate of drug-likeness (QED) is 0.129. The molecule has 0 amide bonds. The van der Waals surface area contributed by atoms with Crippen LogP contribution in [0.1, 0.15) is 31.2 Å². The Balaban J connectivity index is 1.60. The molecule has 0 saturated carbocycles. The standard InChI is InChI=1S/C22H22N4S4/c23-15-30-21-10-5-8-19(14-21)26-22(29)24-11-3-1-2-9-20(28)13-17-6-4-7-18(12-17)25-16-27/h4-8,10,12,14H,1-3,9,11,13H2,(H2,24,26,29). The first-order valence-corrected chi connectivity index (χ1v) is 11.5. The molecule has 0 bridgehead atoms. The van der Waals surface area contributed by atoms with Gasteiger partial charge in [-0.3, -0.25) is 0 Å². The zero-order chi connectivity index (χ0) is 21.6. The van der Waals surface area contributed by atoms with Gasteiger partial charge in [0, 0.05) is 23.5 Å². The Morgan fingerprint density at radius 1 is 1.07 bits per heavy atom. The second-order valence-corrected chi connectivity index (χ2v) is 8.53. The molecule has 4 nitrogen and oxygen atoms in total. The first-order valence-electron chi connectivity index (χ1n) is 9.50. The Labute approximate surface area is 198 Å². The molecule has 0 spiro atoms. The van der Waals surface area contributed by atoms with Crippen molar-refractivity contribution in [2.75, 3.05) is 11.9 Å².